The Morgan fingerprint density at radius 3 is 2.44 bits per heavy atom. The maximum Gasteiger partial charge on any atom is 0.305 e. The fourth-order valence-corrected chi connectivity index (χ4v) is 3.94. The Balaban J connectivity index is 1.90. The van der Waals surface area contributed by atoms with Crippen LogP contribution in [0.2, 0.25) is 0 Å². The van der Waals surface area contributed by atoms with E-state index in [0.29, 0.717) is 4.75 Å². The summed E-state index contributed by atoms with van der Waals surface area (Å²) in [7, 11) is 0. The van der Waals surface area contributed by atoms with Crippen LogP contribution in [0.25, 0.3) is 0 Å². The lowest BCUT2D eigenvalue weighted by atomic mass is 9.84. The van der Waals surface area contributed by atoms with Gasteiger partial charge in [-0.25, -0.2) is 0 Å². The molecule has 0 unspecified atom stereocenters. The van der Waals surface area contributed by atoms with E-state index in [-0.39, 0.29) is 12.0 Å². The minimum absolute atomic E-state index is 0.202. The Morgan fingerprint density at radius 2 is 2.00 bits per heavy atom. The number of carbonyl (C=O) groups is 1. The summed E-state index contributed by atoms with van der Waals surface area (Å²) in [5, 5.41) is 15.8. The molecule has 0 bridgehead atoms. The van der Waals surface area contributed by atoms with Crippen LogP contribution >= 0.6 is 11.8 Å². The van der Waals surface area contributed by atoms with Gasteiger partial charge in [0.1, 0.15) is 0 Å². The highest BCUT2D eigenvalue weighted by Crippen LogP contribution is 2.38. The minimum Gasteiger partial charge on any atom is -0.481 e. The van der Waals surface area contributed by atoms with Gasteiger partial charge in [-0.15, -0.1) is 0 Å². The monoisotopic (exact) mass is 272 g/mol. The van der Waals surface area contributed by atoms with Crippen LogP contribution in [0.5, 0.6) is 0 Å². The second-order valence-electron chi connectivity index (χ2n) is 5.76. The Hall–Kier alpha value is -0.260. The molecule has 1 saturated heterocycles. The van der Waals surface area contributed by atoms with Gasteiger partial charge in [-0.2, -0.15) is 11.8 Å². The van der Waals surface area contributed by atoms with E-state index in [4.69, 9.17) is 5.11 Å². The van der Waals surface area contributed by atoms with Gasteiger partial charge in [0, 0.05) is 24.4 Å². The number of carboxylic acid groups (broad SMARTS) is 1. The fraction of sp³-hybridized carbons (Fsp3) is 0.923. The molecule has 3 N–H and O–H groups in total. The third-order valence-electron chi connectivity index (χ3n) is 4.40. The predicted molar refractivity (Wildman–Crippen MR) is 75.2 cm³/mol. The lowest BCUT2D eigenvalue weighted by molar-refractivity contribution is -0.139. The second kappa shape index (κ2) is 5.80. The molecular formula is C13H24N2O2S. The van der Waals surface area contributed by atoms with E-state index >= 15 is 0 Å². The highest BCUT2D eigenvalue weighted by atomic mass is 32.2. The molecule has 1 saturated carbocycles. The summed E-state index contributed by atoms with van der Waals surface area (Å²) in [6, 6.07) is 0. The standard InChI is InChI=1S/C13H24N2O2S/c1-18-13(5-3-2-4-6-13)10-15-12(7-11(16)17)8-14-9-12/h14-15H,2-10H2,1H3,(H,16,17). The normalized spacial score (nSPS) is 25.4. The molecular weight excluding hydrogens is 248 g/mol. The van der Waals surface area contributed by atoms with Crippen LogP contribution in [-0.4, -0.2) is 47.3 Å². The van der Waals surface area contributed by atoms with Gasteiger partial charge in [0.05, 0.1) is 12.0 Å². The van der Waals surface area contributed by atoms with Gasteiger partial charge < -0.3 is 15.7 Å². The number of nitrogens with one attached hydrogen (secondary N) is 2. The number of hydrogen-bond donors (Lipinski definition) is 3. The van der Waals surface area contributed by atoms with Gasteiger partial charge in [0.25, 0.3) is 0 Å². The molecule has 1 aliphatic heterocycles. The van der Waals surface area contributed by atoms with E-state index in [2.05, 4.69) is 16.9 Å². The molecule has 0 radical (unpaired) electrons. The van der Waals surface area contributed by atoms with Crippen molar-refractivity contribution in [2.24, 2.45) is 0 Å². The van der Waals surface area contributed by atoms with Gasteiger partial charge in [-0.05, 0) is 19.1 Å². The lowest BCUT2D eigenvalue weighted by Gasteiger charge is -2.46. The quantitative estimate of drug-likeness (QED) is 0.683. The Kier molecular flexibility index (Phi) is 4.56. The second-order valence-corrected chi connectivity index (χ2v) is 7.03. The summed E-state index contributed by atoms with van der Waals surface area (Å²) in [6.07, 6.45) is 8.92. The molecule has 0 aromatic carbocycles. The van der Waals surface area contributed by atoms with E-state index in [0.717, 1.165) is 19.6 Å². The maximum absolute atomic E-state index is 10.9. The predicted octanol–water partition coefficient (Wildman–Crippen LogP) is 1.46. The number of thioether (sulfide) groups is 1. The molecule has 2 aliphatic rings. The Bertz CT molecular complexity index is 299. The topological polar surface area (TPSA) is 61.4 Å². The van der Waals surface area contributed by atoms with Gasteiger partial charge >= 0.3 is 5.97 Å². The van der Waals surface area contributed by atoms with Crippen molar-refractivity contribution in [3.05, 3.63) is 0 Å². The molecule has 5 heteroatoms. The average Bonchev–Trinajstić information content (AvgIpc) is 2.33. The first-order valence-corrected chi connectivity index (χ1v) is 8.05. The van der Waals surface area contributed by atoms with E-state index < -0.39 is 5.97 Å². The highest BCUT2D eigenvalue weighted by molar-refractivity contribution is 8.00. The molecule has 4 nitrogen and oxygen atoms in total. The largest absolute Gasteiger partial charge is 0.481 e. The van der Waals surface area contributed by atoms with Gasteiger partial charge in [0.2, 0.25) is 0 Å². The SMILES string of the molecule is CSC1(CNC2(CC(=O)O)CNC2)CCCCC1. The zero-order valence-corrected chi connectivity index (χ0v) is 11.9. The summed E-state index contributed by atoms with van der Waals surface area (Å²) in [6.45, 7) is 2.51. The summed E-state index contributed by atoms with van der Waals surface area (Å²) in [5.41, 5.74) is -0.202. The minimum atomic E-state index is -0.703. The molecule has 1 heterocycles. The van der Waals surface area contributed by atoms with Crippen molar-refractivity contribution in [2.75, 3.05) is 25.9 Å². The van der Waals surface area contributed by atoms with Crippen LogP contribution in [-0.2, 0) is 4.79 Å². The molecule has 1 aliphatic carbocycles. The Morgan fingerprint density at radius 1 is 1.33 bits per heavy atom. The van der Waals surface area contributed by atoms with Crippen LogP contribution in [0.3, 0.4) is 0 Å². The van der Waals surface area contributed by atoms with Gasteiger partial charge in [0.15, 0.2) is 0 Å². The van der Waals surface area contributed by atoms with Crippen LogP contribution < -0.4 is 10.6 Å². The summed E-state index contributed by atoms with van der Waals surface area (Å²) in [5.74, 6) is -0.703. The molecule has 2 fully saturated rings. The number of hydrogen-bond acceptors (Lipinski definition) is 4. The van der Waals surface area contributed by atoms with E-state index in [1.807, 2.05) is 11.8 Å². The van der Waals surface area contributed by atoms with Crippen molar-refractivity contribution in [2.45, 2.75) is 48.8 Å². The maximum atomic E-state index is 10.9. The van der Waals surface area contributed by atoms with Gasteiger partial charge in [-0.3, -0.25) is 4.79 Å². The lowest BCUT2D eigenvalue weighted by Crippen LogP contribution is -2.70. The first-order chi connectivity index (χ1) is 8.60. The van der Waals surface area contributed by atoms with Crippen LogP contribution in [0.4, 0.5) is 0 Å². The molecule has 2 rings (SSSR count). The molecule has 0 aromatic rings. The van der Waals surface area contributed by atoms with Crippen molar-refractivity contribution < 1.29 is 9.90 Å². The first-order valence-electron chi connectivity index (χ1n) is 6.83. The van der Waals surface area contributed by atoms with Crippen molar-refractivity contribution in [1.82, 2.24) is 10.6 Å². The van der Waals surface area contributed by atoms with Gasteiger partial charge in [-0.1, -0.05) is 19.3 Å². The first kappa shape index (κ1) is 14.2. The van der Waals surface area contributed by atoms with Crippen molar-refractivity contribution >= 4 is 17.7 Å². The molecule has 18 heavy (non-hydrogen) atoms. The van der Waals surface area contributed by atoms with Crippen LogP contribution in [0, 0.1) is 0 Å². The number of rotatable bonds is 6. The van der Waals surface area contributed by atoms with Crippen LogP contribution in [0.15, 0.2) is 0 Å². The number of aliphatic carboxylic acids is 1. The van der Waals surface area contributed by atoms with E-state index in [1.165, 1.54) is 32.1 Å². The molecule has 0 spiro atoms. The third kappa shape index (κ3) is 3.19. The Labute approximate surface area is 113 Å². The molecule has 0 amide bonds. The zero-order valence-electron chi connectivity index (χ0n) is 11.1. The summed E-state index contributed by atoms with van der Waals surface area (Å²) >= 11 is 1.96. The summed E-state index contributed by atoms with van der Waals surface area (Å²) in [4.78, 5) is 10.9. The van der Waals surface area contributed by atoms with Crippen molar-refractivity contribution in [1.29, 1.82) is 0 Å². The number of carboxylic acids is 1. The zero-order chi connectivity index (χ0) is 13.1. The van der Waals surface area contributed by atoms with Crippen LogP contribution in [0.1, 0.15) is 38.5 Å². The van der Waals surface area contributed by atoms with E-state index in [9.17, 15) is 4.79 Å². The van der Waals surface area contributed by atoms with Crippen molar-refractivity contribution in [3.8, 4) is 0 Å². The fourth-order valence-electron chi connectivity index (χ4n) is 3.03. The molecule has 0 aromatic heterocycles. The smallest absolute Gasteiger partial charge is 0.305 e. The van der Waals surface area contributed by atoms with E-state index in [1.54, 1.807) is 0 Å². The van der Waals surface area contributed by atoms with Crippen molar-refractivity contribution in [3.63, 3.8) is 0 Å². The third-order valence-corrected chi connectivity index (χ3v) is 5.82. The average molecular weight is 272 g/mol. The summed E-state index contributed by atoms with van der Waals surface area (Å²) < 4.78 is 0.333. The molecule has 0 atom stereocenters. The molecule has 104 valence electrons. The highest BCUT2D eigenvalue weighted by Gasteiger charge is 2.41.